The second-order valence-corrected chi connectivity index (χ2v) is 5.08. The molecule has 0 spiro atoms. The van der Waals surface area contributed by atoms with E-state index in [1.807, 2.05) is 6.92 Å². The molecule has 21 heavy (non-hydrogen) atoms. The van der Waals surface area contributed by atoms with Gasteiger partial charge in [-0.25, -0.2) is 0 Å². The number of ether oxygens (including phenoxy) is 1. The van der Waals surface area contributed by atoms with Gasteiger partial charge < -0.3 is 9.64 Å². The SMILES string of the molecule is CCOCC(=O)N(Cc1ccc(C(F)(F)F)cc1)C1CC1. The zero-order valence-corrected chi connectivity index (χ0v) is 11.8. The molecule has 0 saturated heterocycles. The van der Waals surface area contributed by atoms with Crippen molar-refractivity contribution in [2.75, 3.05) is 13.2 Å². The molecule has 0 unspecified atom stereocenters. The van der Waals surface area contributed by atoms with Crippen molar-refractivity contribution in [1.82, 2.24) is 4.90 Å². The van der Waals surface area contributed by atoms with E-state index in [0.29, 0.717) is 18.7 Å². The van der Waals surface area contributed by atoms with Gasteiger partial charge in [0.05, 0.1) is 5.56 Å². The molecule has 0 aromatic heterocycles. The van der Waals surface area contributed by atoms with Gasteiger partial charge in [0.2, 0.25) is 5.91 Å². The Morgan fingerprint density at radius 1 is 1.29 bits per heavy atom. The van der Waals surface area contributed by atoms with Crippen LogP contribution in [-0.2, 0) is 22.3 Å². The normalized spacial score (nSPS) is 15.0. The predicted octanol–water partition coefficient (Wildman–Crippen LogP) is 3.23. The van der Waals surface area contributed by atoms with Crippen molar-refractivity contribution in [3.63, 3.8) is 0 Å². The van der Waals surface area contributed by atoms with Crippen molar-refractivity contribution < 1.29 is 22.7 Å². The summed E-state index contributed by atoms with van der Waals surface area (Å²) in [7, 11) is 0. The molecule has 116 valence electrons. The molecule has 1 amide bonds. The molecule has 0 radical (unpaired) electrons. The van der Waals surface area contributed by atoms with Gasteiger partial charge in [0.25, 0.3) is 0 Å². The van der Waals surface area contributed by atoms with Gasteiger partial charge in [-0.2, -0.15) is 13.2 Å². The van der Waals surface area contributed by atoms with Gasteiger partial charge in [-0.15, -0.1) is 0 Å². The summed E-state index contributed by atoms with van der Waals surface area (Å²) in [5, 5.41) is 0. The molecular formula is C15H18F3NO2. The monoisotopic (exact) mass is 301 g/mol. The first kappa shape index (κ1) is 15.8. The van der Waals surface area contributed by atoms with Gasteiger partial charge in [-0.1, -0.05) is 12.1 Å². The molecule has 1 aliphatic rings. The molecule has 6 heteroatoms. The Labute approximate surface area is 121 Å². The molecule has 1 aromatic rings. The van der Waals surface area contributed by atoms with Crippen LogP contribution in [0.25, 0.3) is 0 Å². The van der Waals surface area contributed by atoms with E-state index in [2.05, 4.69) is 0 Å². The fourth-order valence-corrected chi connectivity index (χ4v) is 2.08. The smallest absolute Gasteiger partial charge is 0.372 e. The molecule has 1 aromatic carbocycles. The van der Waals surface area contributed by atoms with Crippen LogP contribution in [0, 0.1) is 0 Å². The molecule has 0 heterocycles. The minimum atomic E-state index is -4.33. The van der Waals surface area contributed by atoms with Gasteiger partial charge in [-0.3, -0.25) is 4.79 Å². The van der Waals surface area contributed by atoms with Crippen molar-refractivity contribution >= 4 is 5.91 Å². The third-order valence-electron chi connectivity index (χ3n) is 3.37. The molecule has 0 N–H and O–H groups in total. The van der Waals surface area contributed by atoms with Crippen LogP contribution < -0.4 is 0 Å². The first-order chi connectivity index (χ1) is 9.91. The second-order valence-electron chi connectivity index (χ2n) is 5.08. The number of rotatable bonds is 6. The minimum Gasteiger partial charge on any atom is -0.372 e. The van der Waals surface area contributed by atoms with Crippen LogP contribution in [0.1, 0.15) is 30.9 Å². The van der Waals surface area contributed by atoms with Crippen molar-refractivity contribution in [1.29, 1.82) is 0 Å². The zero-order chi connectivity index (χ0) is 15.5. The number of alkyl halides is 3. The van der Waals surface area contributed by atoms with E-state index in [0.717, 1.165) is 25.0 Å². The lowest BCUT2D eigenvalue weighted by Gasteiger charge is -2.22. The average Bonchev–Trinajstić information content (AvgIpc) is 3.26. The highest BCUT2D eigenvalue weighted by atomic mass is 19.4. The Morgan fingerprint density at radius 2 is 1.90 bits per heavy atom. The topological polar surface area (TPSA) is 29.5 Å². The van der Waals surface area contributed by atoms with Crippen LogP contribution >= 0.6 is 0 Å². The number of amides is 1. The number of benzene rings is 1. The van der Waals surface area contributed by atoms with Crippen molar-refractivity contribution in [3.05, 3.63) is 35.4 Å². The highest BCUT2D eigenvalue weighted by molar-refractivity contribution is 5.78. The van der Waals surface area contributed by atoms with Crippen LogP contribution in [0.4, 0.5) is 13.2 Å². The van der Waals surface area contributed by atoms with E-state index in [9.17, 15) is 18.0 Å². The number of nitrogens with zero attached hydrogens (tertiary/aromatic N) is 1. The summed E-state index contributed by atoms with van der Waals surface area (Å²) in [6, 6.07) is 5.14. The van der Waals surface area contributed by atoms with Crippen LogP contribution in [0.2, 0.25) is 0 Å². The maximum absolute atomic E-state index is 12.5. The number of halogens is 3. The van der Waals surface area contributed by atoms with Crippen molar-refractivity contribution in [2.45, 2.75) is 38.5 Å². The number of hydrogen-bond acceptors (Lipinski definition) is 2. The standard InChI is InChI=1S/C15H18F3NO2/c1-2-21-10-14(20)19(13-7-8-13)9-11-3-5-12(6-4-11)15(16,17)18/h3-6,13H,2,7-10H2,1H3. The van der Waals surface area contributed by atoms with Gasteiger partial charge in [0.1, 0.15) is 6.61 Å². The summed E-state index contributed by atoms with van der Waals surface area (Å²) in [5.41, 5.74) is 0.0182. The molecule has 1 aliphatic carbocycles. The second kappa shape index (κ2) is 6.47. The first-order valence-electron chi connectivity index (χ1n) is 6.95. The summed E-state index contributed by atoms with van der Waals surface area (Å²) in [6.07, 6.45) is -2.45. The lowest BCUT2D eigenvalue weighted by molar-refractivity contribution is -0.138. The fraction of sp³-hybridized carbons (Fsp3) is 0.533. The van der Waals surface area contributed by atoms with Gasteiger partial charge >= 0.3 is 6.18 Å². The van der Waals surface area contributed by atoms with Crippen LogP contribution in [0.5, 0.6) is 0 Å². The van der Waals surface area contributed by atoms with Crippen LogP contribution in [0.15, 0.2) is 24.3 Å². The molecule has 0 aliphatic heterocycles. The van der Waals surface area contributed by atoms with Gasteiger partial charge in [0.15, 0.2) is 0 Å². The average molecular weight is 301 g/mol. The minimum absolute atomic E-state index is 0.0215. The van der Waals surface area contributed by atoms with Gasteiger partial charge in [-0.05, 0) is 37.5 Å². The lowest BCUT2D eigenvalue weighted by atomic mass is 10.1. The number of carbonyl (C=O) groups is 1. The Balaban J connectivity index is 2.02. The zero-order valence-electron chi connectivity index (χ0n) is 11.8. The highest BCUT2D eigenvalue weighted by Crippen LogP contribution is 2.31. The summed E-state index contributed by atoms with van der Waals surface area (Å²) in [4.78, 5) is 13.7. The lowest BCUT2D eigenvalue weighted by Crippen LogP contribution is -2.35. The Hall–Kier alpha value is -1.56. The first-order valence-corrected chi connectivity index (χ1v) is 6.95. The van der Waals surface area contributed by atoms with Crippen LogP contribution in [0.3, 0.4) is 0 Å². The summed E-state index contributed by atoms with van der Waals surface area (Å²) < 4.78 is 42.6. The molecule has 3 nitrogen and oxygen atoms in total. The van der Waals surface area contributed by atoms with E-state index in [1.165, 1.54) is 12.1 Å². The molecular weight excluding hydrogens is 283 g/mol. The third kappa shape index (κ3) is 4.46. The molecule has 0 bridgehead atoms. The molecule has 1 fully saturated rings. The maximum atomic E-state index is 12.5. The largest absolute Gasteiger partial charge is 0.416 e. The number of hydrogen-bond donors (Lipinski definition) is 0. The Morgan fingerprint density at radius 3 is 2.38 bits per heavy atom. The summed E-state index contributed by atoms with van der Waals surface area (Å²) >= 11 is 0. The van der Waals surface area contributed by atoms with Gasteiger partial charge in [0, 0.05) is 19.2 Å². The summed E-state index contributed by atoms with van der Waals surface area (Å²) in [5.74, 6) is -0.112. The maximum Gasteiger partial charge on any atom is 0.416 e. The van der Waals surface area contributed by atoms with E-state index in [4.69, 9.17) is 4.74 Å². The van der Waals surface area contributed by atoms with Crippen molar-refractivity contribution in [3.8, 4) is 0 Å². The van der Waals surface area contributed by atoms with E-state index in [-0.39, 0.29) is 18.6 Å². The predicted molar refractivity (Wildman–Crippen MR) is 71.5 cm³/mol. The fourth-order valence-electron chi connectivity index (χ4n) is 2.08. The molecule has 0 atom stereocenters. The third-order valence-corrected chi connectivity index (χ3v) is 3.37. The van der Waals surface area contributed by atoms with Crippen molar-refractivity contribution in [2.24, 2.45) is 0 Å². The van der Waals surface area contributed by atoms with Crippen LogP contribution in [-0.4, -0.2) is 30.1 Å². The number of carbonyl (C=O) groups excluding carboxylic acids is 1. The quantitative estimate of drug-likeness (QED) is 0.807. The highest BCUT2D eigenvalue weighted by Gasteiger charge is 2.33. The van der Waals surface area contributed by atoms with E-state index in [1.54, 1.807) is 4.90 Å². The Bertz CT molecular complexity index is 481. The Kier molecular flexibility index (Phi) is 4.88. The van der Waals surface area contributed by atoms with E-state index >= 15 is 0 Å². The van der Waals surface area contributed by atoms with E-state index < -0.39 is 11.7 Å². The molecule has 2 rings (SSSR count). The summed E-state index contributed by atoms with van der Waals surface area (Å²) in [6.45, 7) is 2.62. The molecule has 1 saturated carbocycles.